The van der Waals surface area contributed by atoms with Crippen LogP contribution in [0, 0.1) is 0 Å². The van der Waals surface area contributed by atoms with E-state index in [0.717, 1.165) is 36.3 Å². The first-order valence-corrected chi connectivity index (χ1v) is 6.55. The molecule has 98 valence electrons. The Morgan fingerprint density at radius 1 is 1.26 bits per heavy atom. The van der Waals surface area contributed by atoms with Gasteiger partial charge in [0, 0.05) is 32.4 Å². The quantitative estimate of drug-likeness (QED) is 0.783. The molecule has 0 N–H and O–H groups in total. The Hall–Kier alpha value is -2.10. The van der Waals surface area contributed by atoms with Crippen molar-refractivity contribution in [2.24, 2.45) is 0 Å². The molecule has 0 saturated heterocycles. The van der Waals surface area contributed by atoms with E-state index in [-0.39, 0.29) is 5.56 Å². The first-order chi connectivity index (χ1) is 9.16. The summed E-state index contributed by atoms with van der Waals surface area (Å²) >= 11 is 0. The Kier molecular flexibility index (Phi) is 2.85. The van der Waals surface area contributed by atoms with Gasteiger partial charge in [-0.3, -0.25) is 9.36 Å². The number of hydrogen-bond acceptors (Lipinski definition) is 3. The monoisotopic (exact) mass is 255 g/mol. The molecule has 0 saturated carbocycles. The van der Waals surface area contributed by atoms with Gasteiger partial charge in [0.05, 0.1) is 10.9 Å². The highest BCUT2D eigenvalue weighted by molar-refractivity contribution is 5.78. The summed E-state index contributed by atoms with van der Waals surface area (Å²) in [5.41, 5.74) is 1.88. The van der Waals surface area contributed by atoms with Gasteiger partial charge in [0.2, 0.25) is 0 Å². The van der Waals surface area contributed by atoms with Crippen molar-refractivity contribution in [3.8, 4) is 0 Å². The van der Waals surface area contributed by atoms with Gasteiger partial charge in [-0.25, -0.2) is 4.98 Å². The predicted molar refractivity (Wildman–Crippen MR) is 76.9 cm³/mol. The van der Waals surface area contributed by atoms with Gasteiger partial charge in [0.25, 0.3) is 5.56 Å². The van der Waals surface area contributed by atoms with E-state index in [2.05, 4.69) is 4.98 Å². The fourth-order valence-electron chi connectivity index (χ4n) is 2.60. The van der Waals surface area contributed by atoms with Crippen molar-refractivity contribution in [1.82, 2.24) is 14.5 Å². The molecule has 0 amide bonds. The smallest absolute Gasteiger partial charge is 0.265 e. The Morgan fingerprint density at radius 3 is 2.84 bits per heavy atom. The number of hydrogen-bond donors (Lipinski definition) is 0. The summed E-state index contributed by atoms with van der Waals surface area (Å²) in [6.45, 7) is 0. The number of allylic oxidation sites excluding steroid dienone is 1. The second-order valence-electron chi connectivity index (χ2n) is 5.12. The average molecular weight is 255 g/mol. The summed E-state index contributed by atoms with van der Waals surface area (Å²) in [6, 6.07) is 7.56. The van der Waals surface area contributed by atoms with E-state index in [1.165, 1.54) is 0 Å². The van der Waals surface area contributed by atoms with E-state index in [0.29, 0.717) is 5.39 Å². The molecule has 1 aliphatic rings. The average Bonchev–Trinajstić information content (AvgIpc) is 2.38. The molecule has 3 rings (SSSR count). The molecule has 0 radical (unpaired) electrons. The van der Waals surface area contributed by atoms with Crippen LogP contribution >= 0.6 is 0 Å². The molecule has 2 aromatic rings. The molecule has 0 fully saturated rings. The molecule has 4 nitrogen and oxygen atoms in total. The summed E-state index contributed by atoms with van der Waals surface area (Å²) in [5, 5.41) is 0.692. The number of rotatable bonds is 1. The molecule has 19 heavy (non-hydrogen) atoms. The number of nitrogens with zero attached hydrogens (tertiary/aromatic N) is 3. The van der Waals surface area contributed by atoms with Crippen molar-refractivity contribution >= 4 is 16.6 Å². The van der Waals surface area contributed by atoms with Gasteiger partial charge in [-0.1, -0.05) is 12.1 Å². The highest BCUT2D eigenvalue weighted by atomic mass is 16.1. The van der Waals surface area contributed by atoms with E-state index < -0.39 is 0 Å². The van der Waals surface area contributed by atoms with E-state index in [1.807, 2.05) is 49.5 Å². The third kappa shape index (κ3) is 2.03. The van der Waals surface area contributed by atoms with Gasteiger partial charge in [0.15, 0.2) is 0 Å². The molecular weight excluding hydrogens is 238 g/mol. The van der Waals surface area contributed by atoms with Gasteiger partial charge in [-0.2, -0.15) is 0 Å². The largest absolute Gasteiger partial charge is 0.382 e. The first kappa shape index (κ1) is 12.0. The molecule has 2 heterocycles. The summed E-state index contributed by atoms with van der Waals surface area (Å²) in [5.74, 6) is 0.878. The van der Waals surface area contributed by atoms with Crippen molar-refractivity contribution in [3.63, 3.8) is 0 Å². The summed E-state index contributed by atoms with van der Waals surface area (Å²) in [6.07, 6.45) is 4.85. The van der Waals surface area contributed by atoms with Crippen molar-refractivity contribution in [2.75, 3.05) is 14.1 Å². The van der Waals surface area contributed by atoms with Crippen molar-refractivity contribution in [2.45, 2.75) is 19.3 Å². The zero-order valence-electron chi connectivity index (χ0n) is 11.3. The topological polar surface area (TPSA) is 38.1 Å². The third-order valence-electron chi connectivity index (χ3n) is 3.37. The van der Waals surface area contributed by atoms with Crippen LogP contribution in [0.4, 0.5) is 0 Å². The van der Waals surface area contributed by atoms with Crippen LogP contribution in [0.2, 0.25) is 0 Å². The SMILES string of the molecule is CN(C)C=C1CCCc2nc3ccccc3c(=O)n21. The number of aromatic nitrogens is 2. The molecule has 0 unspecified atom stereocenters. The lowest BCUT2D eigenvalue weighted by Crippen LogP contribution is -2.28. The van der Waals surface area contributed by atoms with Gasteiger partial charge in [0.1, 0.15) is 5.82 Å². The highest BCUT2D eigenvalue weighted by Gasteiger charge is 2.18. The van der Waals surface area contributed by atoms with Crippen LogP contribution in [0.1, 0.15) is 18.7 Å². The molecule has 0 bridgehead atoms. The highest BCUT2D eigenvalue weighted by Crippen LogP contribution is 2.22. The van der Waals surface area contributed by atoms with Gasteiger partial charge >= 0.3 is 0 Å². The van der Waals surface area contributed by atoms with Gasteiger partial charge in [-0.05, 0) is 25.0 Å². The maximum absolute atomic E-state index is 12.6. The molecule has 0 aliphatic carbocycles. The Bertz CT molecular complexity index is 713. The van der Waals surface area contributed by atoms with Crippen LogP contribution < -0.4 is 5.56 Å². The minimum Gasteiger partial charge on any atom is -0.382 e. The van der Waals surface area contributed by atoms with Crippen LogP contribution in [-0.2, 0) is 6.42 Å². The predicted octanol–water partition coefficient (Wildman–Crippen LogP) is 2.09. The number of fused-ring (bicyclic) bond motifs is 2. The summed E-state index contributed by atoms with van der Waals surface area (Å²) in [4.78, 5) is 19.2. The molecule has 0 atom stereocenters. The molecule has 1 aromatic carbocycles. The zero-order chi connectivity index (χ0) is 13.4. The summed E-state index contributed by atoms with van der Waals surface area (Å²) < 4.78 is 1.78. The molecule has 1 aliphatic heterocycles. The van der Waals surface area contributed by atoms with Crippen molar-refractivity contribution < 1.29 is 0 Å². The van der Waals surface area contributed by atoms with Gasteiger partial charge < -0.3 is 4.90 Å². The van der Waals surface area contributed by atoms with Crippen molar-refractivity contribution in [1.29, 1.82) is 0 Å². The third-order valence-corrected chi connectivity index (χ3v) is 3.37. The zero-order valence-corrected chi connectivity index (χ0v) is 11.3. The minimum absolute atomic E-state index is 0.0494. The molecular formula is C15H17N3O. The second-order valence-corrected chi connectivity index (χ2v) is 5.12. The van der Waals surface area contributed by atoms with E-state index in [1.54, 1.807) is 4.57 Å². The van der Waals surface area contributed by atoms with Crippen LogP contribution in [0.15, 0.2) is 35.3 Å². The number of benzene rings is 1. The van der Waals surface area contributed by atoms with Crippen LogP contribution in [0.25, 0.3) is 16.6 Å². The first-order valence-electron chi connectivity index (χ1n) is 6.55. The van der Waals surface area contributed by atoms with Crippen LogP contribution in [0.3, 0.4) is 0 Å². The van der Waals surface area contributed by atoms with Crippen LogP contribution in [-0.4, -0.2) is 28.5 Å². The lowest BCUT2D eigenvalue weighted by Gasteiger charge is -2.22. The number of para-hydroxylation sites is 1. The molecule has 4 heteroatoms. The maximum Gasteiger partial charge on any atom is 0.265 e. The fourth-order valence-corrected chi connectivity index (χ4v) is 2.60. The Balaban J connectivity index is 2.32. The van der Waals surface area contributed by atoms with E-state index in [4.69, 9.17) is 0 Å². The minimum atomic E-state index is 0.0494. The summed E-state index contributed by atoms with van der Waals surface area (Å²) in [7, 11) is 3.95. The normalized spacial score (nSPS) is 16.6. The van der Waals surface area contributed by atoms with E-state index >= 15 is 0 Å². The maximum atomic E-state index is 12.6. The Morgan fingerprint density at radius 2 is 2.05 bits per heavy atom. The molecule has 0 spiro atoms. The fraction of sp³-hybridized carbons (Fsp3) is 0.333. The van der Waals surface area contributed by atoms with Gasteiger partial charge in [-0.15, -0.1) is 0 Å². The standard InChI is InChI=1S/C15H17N3O/c1-17(2)10-11-6-5-9-14-16-13-8-4-3-7-12(13)15(19)18(11)14/h3-4,7-8,10H,5-6,9H2,1-2H3. The Labute approximate surface area is 112 Å². The second kappa shape index (κ2) is 4.53. The molecule has 1 aromatic heterocycles. The lowest BCUT2D eigenvalue weighted by molar-refractivity contribution is 0.552. The lowest BCUT2D eigenvalue weighted by atomic mass is 10.1. The van der Waals surface area contributed by atoms with E-state index in [9.17, 15) is 4.79 Å². The van der Waals surface area contributed by atoms with Crippen LogP contribution in [0.5, 0.6) is 0 Å². The number of aryl methyl sites for hydroxylation is 1. The van der Waals surface area contributed by atoms with Crippen molar-refractivity contribution in [3.05, 3.63) is 46.6 Å².